The number of hydrogen-bond donors (Lipinski definition) is 1. The molecule has 0 aliphatic carbocycles. The molecule has 0 amide bonds. The molecular weight excluding hydrogens is 216 g/mol. The molecule has 2 N–H and O–H groups in total. The maximum Gasteiger partial charge on any atom is 0.152 e. The van der Waals surface area contributed by atoms with Gasteiger partial charge in [-0.2, -0.15) is 15.6 Å². The summed E-state index contributed by atoms with van der Waals surface area (Å²) in [6.45, 7) is 4.85. The molecule has 0 fully saturated rings. The molecule has 0 saturated heterocycles. The SMILES string of the molecule is CCCn1nc(C)c(N)c1N(CC#N)CC#N. The van der Waals surface area contributed by atoms with Crippen LogP contribution in [0.5, 0.6) is 0 Å². The standard InChI is InChI=1S/C11H16N6/c1-3-6-17-11(10(14)9(2)15-17)16(7-4-12)8-5-13/h3,6-8,14H2,1-2H3. The van der Waals surface area contributed by atoms with Crippen molar-refractivity contribution in [3.63, 3.8) is 0 Å². The van der Waals surface area contributed by atoms with Crippen LogP contribution < -0.4 is 10.6 Å². The first kappa shape index (κ1) is 12.9. The van der Waals surface area contributed by atoms with Crippen LogP contribution in [0.15, 0.2) is 0 Å². The average Bonchev–Trinajstić information content (AvgIpc) is 2.55. The van der Waals surface area contributed by atoms with Crippen molar-refractivity contribution >= 4 is 11.5 Å². The summed E-state index contributed by atoms with van der Waals surface area (Å²) in [7, 11) is 0. The molecule has 0 aliphatic rings. The van der Waals surface area contributed by atoms with Gasteiger partial charge in [0.2, 0.25) is 0 Å². The normalized spacial score (nSPS) is 9.65. The van der Waals surface area contributed by atoms with E-state index >= 15 is 0 Å². The summed E-state index contributed by atoms with van der Waals surface area (Å²) in [5.74, 6) is 0.674. The minimum Gasteiger partial charge on any atom is -0.394 e. The molecule has 0 radical (unpaired) electrons. The number of hydrogen-bond acceptors (Lipinski definition) is 5. The molecule has 90 valence electrons. The molecule has 1 heterocycles. The van der Waals surface area contributed by atoms with Gasteiger partial charge in [-0.15, -0.1) is 0 Å². The molecule has 6 heteroatoms. The fourth-order valence-electron chi connectivity index (χ4n) is 1.66. The van der Waals surface area contributed by atoms with E-state index in [9.17, 15) is 0 Å². The molecule has 1 rings (SSSR count). The highest BCUT2D eigenvalue weighted by molar-refractivity contribution is 5.66. The summed E-state index contributed by atoms with van der Waals surface area (Å²) < 4.78 is 1.76. The molecule has 6 nitrogen and oxygen atoms in total. The van der Waals surface area contributed by atoms with Crippen LogP contribution in [0.2, 0.25) is 0 Å². The first-order valence-electron chi connectivity index (χ1n) is 5.47. The van der Waals surface area contributed by atoms with Gasteiger partial charge < -0.3 is 10.6 Å². The summed E-state index contributed by atoms with van der Waals surface area (Å²) in [5.41, 5.74) is 7.23. The fraction of sp³-hybridized carbons (Fsp3) is 0.545. The number of nitriles is 2. The molecule has 0 unspecified atom stereocenters. The van der Waals surface area contributed by atoms with Gasteiger partial charge in [0.25, 0.3) is 0 Å². The second-order valence-corrected chi connectivity index (χ2v) is 3.72. The van der Waals surface area contributed by atoms with Crippen LogP contribution in [0.3, 0.4) is 0 Å². The van der Waals surface area contributed by atoms with Crippen molar-refractivity contribution < 1.29 is 0 Å². The third-order valence-corrected chi connectivity index (χ3v) is 2.40. The lowest BCUT2D eigenvalue weighted by molar-refractivity contribution is 0.592. The highest BCUT2D eigenvalue weighted by Gasteiger charge is 2.18. The van der Waals surface area contributed by atoms with Gasteiger partial charge in [-0.1, -0.05) is 6.92 Å². The molecule has 0 spiro atoms. The second-order valence-electron chi connectivity index (χ2n) is 3.72. The fourth-order valence-corrected chi connectivity index (χ4v) is 1.66. The van der Waals surface area contributed by atoms with Crippen molar-refractivity contribution in [3.8, 4) is 12.1 Å². The Morgan fingerprint density at radius 1 is 1.35 bits per heavy atom. The summed E-state index contributed by atoms with van der Waals surface area (Å²) in [6, 6.07) is 4.07. The van der Waals surface area contributed by atoms with E-state index in [1.54, 1.807) is 9.58 Å². The van der Waals surface area contributed by atoms with Gasteiger partial charge in [-0.25, -0.2) is 4.68 Å². The number of nitrogen functional groups attached to an aromatic ring is 1. The minimum atomic E-state index is 0.132. The van der Waals surface area contributed by atoms with E-state index in [0.29, 0.717) is 11.5 Å². The van der Waals surface area contributed by atoms with Crippen LogP contribution >= 0.6 is 0 Å². The molecule has 0 aromatic carbocycles. The zero-order valence-electron chi connectivity index (χ0n) is 10.1. The van der Waals surface area contributed by atoms with Crippen LogP contribution in [0.25, 0.3) is 0 Å². The van der Waals surface area contributed by atoms with E-state index in [1.165, 1.54) is 0 Å². The van der Waals surface area contributed by atoms with Gasteiger partial charge in [0.1, 0.15) is 13.1 Å². The Morgan fingerprint density at radius 3 is 2.41 bits per heavy atom. The summed E-state index contributed by atoms with van der Waals surface area (Å²) in [4.78, 5) is 1.64. The predicted molar refractivity (Wildman–Crippen MR) is 65.1 cm³/mol. The van der Waals surface area contributed by atoms with E-state index in [2.05, 4.69) is 5.10 Å². The third kappa shape index (κ3) is 2.67. The zero-order valence-corrected chi connectivity index (χ0v) is 10.1. The minimum absolute atomic E-state index is 0.132. The molecule has 17 heavy (non-hydrogen) atoms. The Kier molecular flexibility index (Phi) is 4.36. The zero-order chi connectivity index (χ0) is 12.8. The summed E-state index contributed by atoms with van der Waals surface area (Å²) >= 11 is 0. The van der Waals surface area contributed by atoms with E-state index in [-0.39, 0.29) is 13.1 Å². The van der Waals surface area contributed by atoms with E-state index in [4.69, 9.17) is 16.3 Å². The molecule has 0 aliphatic heterocycles. The summed E-state index contributed by atoms with van der Waals surface area (Å²) in [6.07, 6.45) is 0.917. The number of anilines is 2. The molecule has 0 atom stereocenters. The number of aryl methyl sites for hydroxylation is 2. The highest BCUT2D eigenvalue weighted by Crippen LogP contribution is 2.26. The molecule has 1 aromatic heterocycles. The van der Waals surface area contributed by atoms with Gasteiger partial charge in [0, 0.05) is 6.54 Å². The largest absolute Gasteiger partial charge is 0.394 e. The number of nitrogens with zero attached hydrogens (tertiary/aromatic N) is 5. The number of aromatic nitrogens is 2. The Bertz CT molecular complexity index is 446. The van der Waals surface area contributed by atoms with Gasteiger partial charge in [0.15, 0.2) is 5.82 Å². The van der Waals surface area contributed by atoms with Crippen molar-refractivity contribution in [2.24, 2.45) is 0 Å². The maximum absolute atomic E-state index is 8.77. The van der Waals surface area contributed by atoms with Crippen molar-refractivity contribution in [3.05, 3.63) is 5.69 Å². The average molecular weight is 232 g/mol. The first-order chi connectivity index (χ1) is 8.15. The lowest BCUT2D eigenvalue weighted by atomic mass is 10.3. The van der Waals surface area contributed by atoms with Crippen LogP contribution in [0.1, 0.15) is 19.0 Å². The molecule has 0 saturated carbocycles. The monoisotopic (exact) mass is 232 g/mol. The summed E-state index contributed by atoms with van der Waals surface area (Å²) in [5, 5.41) is 21.9. The Hall–Kier alpha value is -2.21. The van der Waals surface area contributed by atoms with Crippen LogP contribution in [0.4, 0.5) is 11.5 Å². The smallest absolute Gasteiger partial charge is 0.152 e. The van der Waals surface area contributed by atoms with Gasteiger partial charge in [-0.3, -0.25) is 0 Å². The van der Waals surface area contributed by atoms with Gasteiger partial charge in [0.05, 0.1) is 23.5 Å². The van der Waals surface area contributed by atoms with Gasteiger partial charge in [-0.05, 0) is 13.3 Å². The Labute approximate surface area is 101 Å². The van der Waals surface area contributed by atoms with Crippen molar-refractivity contribution in [1.29, 1.82) is 10.5 Å². The second kappa shape index (κ2) is 5.76. The lowest BCUT2D eigenvalue weighted by Gasteiger charge is -2.19. The van der Waals surface area contributed by atoms with E-state index in [1.807, 2.05) is 26.0 Å². The van der Waals surface area contributed by atoms with E-state index < -0.39 is 0 Å². The van der Waals surface area contributed by atoms with Crippen molar-refractivity contribution in [2.75, 3.05) is 23.7 Å². The lowest BCUT2D eigenvalue weighted by Crippen LogP contribution is -2.27. The quantitative estimate of drug-likeness (QED) is 0.765. The maximum atomic E-state index is 8.77. The van der Waals surface area contributed by atoms with Crippen molar-refractivity contribution in [2.45, 2.75) is 26.8 Å². The van der Waals surface area contributed by atoms with Crippen LogP contribution in [-0.4, -0.2) is 22.9 Å². The number of rotatable bonds is 5. The highest BCUT2D eigenvalue weighted by atomic mass is 15.4. The third-order valence-electron chi connectivity index (χ3n) is 2.40. The van der Waals surface area contributed by atoms with E-state index in [0.717, 1.165) is 18.7 Å². The molecular formula is C11H16N6. The Morgan fingerprint density at radius 2 is 1.94 bits per heavy atom. The first-order valence-corrected chi connectivity index (χ1v) is 5.47. The topological polar surface area (TPSA) is 94.7 Å². The number of nitrogens with two attached hydrogens (primary N) is 1. The Balaban J connectivity index is 3.16. The molecule has 1 aromatic rings. The predicted octanol–water partition coefficient (Wildman–Crippen LogP) is 1.04. The molecule has 0 bridgehead atoms. The van der Waals surface area contributed by atoms with Crippen molar-refractivity contribution in [1.82, 2.24) is 9.78 Å². The van der Waals surface area contributed by atoms with Gasteiger partial charge >= 0.3 is 0 Å². The van der Waals surface area contributed by atoms with Crippen LogP contribution in [-0.2, 0) is 6.54 Å². The van der Waals surface area contributed by atoms with Crippen LogP contribution in [0, 0.1) is 29.6 Å².